The van der Waals surface area contributed by atoms with Gasteiger partial charge in [-0.15, -0.1) is 0 Å². The number of imidazole rings is 1. The van der Waals surface area contributed by atoms with E-state index in [1.54, 1.807) is 31.8 Å². The van der Waals surface area contributed by atoms with Crippen LogP contribution in [-0.2, 0) is 23.6 Å². The van der Waals surface area contributed by atoms with E-state index in [1.165, 1.54) is 15.8 Å². The maximum atomic E-state index is 13.7. The Morgan fingerprint density at radius 3 is 2.36 bits per heavy atom. The third-order valence-corrected chi connectivity index (χ3v) is 9.22. The van der Waals surface area contributed by atoms with Crippen LogP contribution in [0.1, 0.15) is 17.8 Å². The molecule has 2 heterocycles. The van der Waals surface area contributed by atoms with Crippen LogP contribution in [0.3, 0.4) is 0 Å². The quantitative estimate of drug-likeness (QED) is 0.208. The monoisotopic (exact) mass is 561 g/mol. The van der Waals surface area contributed by atoms with Crippen LogP contribution in [0.25, 0.3) is 21.2 Å². The van der Waals surface area contributed by atoms with Crippen LogP contribution in [0.5, 0.6) is 5.75 Å². The van der Waals surface area contributed by atoms with Crippen molar-refractivity contribution in [3.05, 3.63) is 90.4 Å². The summed E-state index contributed by atoms with van der Waals surface area (Å²) in [5.41, 5.74) is 3.02. The van der Waals surface area contributed by atoms with Crippen molar-refractivity contribution in [2.45, 2.75) is 24.9 Å². The Bertz CT molecular complexity index is 1640. The van der Waals surface area contributed by atoms with Crippen LogP contribution in [-0.4, -0.2) is 46.8 Å². The number of sulfonamides is 1. The summed E-state index contributed by atoms with van der Waals surface area (Å²) >= 11 is 1.45. The number of aryl methyl sites for hydroxylation is 2. The Morgan fingerprint density at radius 1 is 1.00 bits per heavy atom. The van der Waals surface area contributed by atoms with Crippen LogP contribution in [0, 0.1) is 6.92 Å². The first-order chi connectivity index (χ1) is 18.8. The summed E-state index contributed by atoms with van der Waals surface area (Å²) in [5, 5.41) is 4.52. The fourth-order valence-corrected chi connectivity index (χ4v) is 6.58. The number of rotatable bonds is 11. The maximum absolute atomic E-state index is 13.7. The molecule has 2 aromatic heterocycles. The molecule has 0 aliphatic rings. The number of fused-ring (bicyclic) bond motifs is 1. The van der Waals surface area contributed by atoms with Crippen molar-refractivity contribution in [2.24, 2.45) is 7.05 Å². The molecule has 0 amide bonds. The first kappa shape index (κ1) is 26.9. The molecule has 202 valence electrons. The van der Waals surface area contributed by atoms with Gasteiger partial charge in [-0.3, -0.25) is 0 Å². The molecule has 0 radical (unpaired) electrons. The van der Waals surface area contributed by atoms with Crippen LogP contribution in [0.2, 0.25) is 0 Å². The van der Waals surface area contributed by atoms with E-state index in [2.05, 4.69) is 14.7 Å². The number of benzene rings is 3. The highest BCUT2D eigenvalue weighted by atomic mass is 32.2. The molecule has 1 N–H and O–H groups in total. The molecule has 0 unspecified atom stereocenters. The number of nitrogens with zero attached hydrogens (tertiary/aromatic N) is 4. The molecule has 39 heavy (non-hydrogen) atoms. The topological polar surface area (TPSA) is 89.4 Å². The number of aromatic nitrogens is 3. The summed E-state index contributed by atoms with van der Waals surface area (Å²) in [6.45, 7) is 2.98. The van der Waals surface area contributed by atoms with Crippen LogP contribution in [0.4, 0.5) is 5.82 Å². The Labute approximate surface area is 233 Å². The average Bonchev–Trinajstić information content (AvgIpc) is 3.53. The normalized spacial score (nSPS) is 11.8. The van der Waals surface area contributed by atoms with Crippen molar-refractivity contribution in [1.29, 1.82) is 0 Å². The number of methoxy groups -OCH3 is 1. The molecule has 8 nitrogen and oxygen atoms in total. The fourth-order valence-electron chi connectivity index (χ4n) is 4.33. The first-order valence-corrected chi connectivity index (χ1v) is 14.9. The van der Waals surface area contributed by atoms with Crippen LogP contribution in [0.15, 0.2) is 84.0 Å². The molecule has 0 saturated carbocycles. The summed E-state index contributed by atoms with van der Waals surface area (Å²) in [5.74, 6) is 2.28. The van der Waals surface area contributed by atoms with Gasteiger partial charge in [0.25, 0.3) is 10.0 Å². The van der Waals surface area contributed by atoms with Gasteiger partial charge in [0, 0.05) is 38.3 Å². The fraction of sp³-hybridized carbons (Fsp3) is 0.241. The zero-order chi connectivity index (χ0) is 27.4. The van der Waals surface area contributed by atoms with E-state index < -0.39 is 10.0 Å². The van der Waals surface area contributed by atoms with E-state index in [0.29, 0.717) is 25.3 Å². The lowest BCUT2D eigenvalue weighted by atomic mass is 10.0. The first-order valence-electron chi connectivity index (χ1n) is 12.7. The molecule has 0 bridgehead atoms. The largest absolute Gasteiger partial charge is 0.497 e. The van der Waals surface area contributed by atoms with Gasteiger partial charge in [0.2, 0.25) is 0 Å². The number of hydrogen-bond donors (Lipinski definition) is 1. The minimum Gasteiger partial charge on any atom is -0.497 e. The second-order valence-electron chi connectivity index (χ2n) is 9.31. The Hall–Kier alpha value is -3.73. The van der Waals surface area contributed by atoms with Gasteiger partial charge in [0.15, 0.2) is 5.03 Å². The molecule has 0 aliphatic carbocycles. The second kappa shape index (κ2) is 11.6. The second-order valence-corrected chi connectivity index (χ2v) is 12.0. The van der Waals surface area contributed by atoms with Gasteiger partial charge in [0.05, 0.1) is 11.8 Å². The zero-order valence-corrected chi connectivity index (χ0v) is 23.8. The lowest BCUT2D eigenvalue weighted by Crippen LogP contribution is -2.32. The predicted octanol–water partition coefficient (Wildman–Crippen LogP) is 5.71. The Balaban J connectivity index is 1.31. The predicted molar refractivity (Wildman–Crippen MR) is 157 cm³/mol. The van der Waals surface area contributed by atoms with Gasteiger partial charge >= 0.3 is 0 Å². The summed E-state index contributed by atoms with van der Waals surface area (Å²) in [6, 6.07) is 23.9. The minimum absolute atomic E-state index is 0.0656. The van der Waals surface area contributed by atoms with Gasteiger partial charge < -0.3 is 14.6 Å². The Morgan fingerprint density at radius 2 is 1.69 bits per heavy atom. The van der Waals surface area contributed by atoms with Crippen molar-refractivity contribution < 1.29 is 13.2 Å². The SMILES string of the molecule is COc1ccc(-c2ccc(CN(CCCNc3nsc4ccccc34)S(=O)(=O)c3cn(C)c(C)n3)cc2)cc1. The number of nitrogens with one attached hydrogen (secondary N) is 1. The van der Waals surface area contributed by atoms with E-state index in [4.69, 9.17) is 4.74 Å². The van der Waals surface area contributed by atoms with Crippen molar-refractivity contribution >= 4 is 37.5 Å². The Kier molecular flexibility index (Phi) is 7.97. The lowest BCUT2D eigenvalue weighted by molar-refractivity contribution is 0.401. The smallest absolute Gasteiger partial charge is 0.262 e. The van der Waals surface area contributed by atoms with Crippen molar-refractivity contribution in [1.82, 2.24) is 18.2 Å². The molecule has 5 aromatic rings. The van der Waals surface area contributed by atoms with E-state index in [9.17, 15) is 8.42 Å². The molecule has 10 heteroatoms. The third kappa shape index (κ3) is 5.98. The lowest BCUT2D eigenvalue weighted by Gasteiger charge is -2.21. The van der Waals surface area contributed by atoms with Crippen LogP contribution >= 0.6 is 11.5 Å². The molecule has 0 spiro atoms. The van der Waals surface area contributed by atoms with Crippen molar-refractivity contribution in [2.75, 3.05) is 25.5 Å². The zero-order valence-electron chi connectivity index (χ0n) is 22.2. The van der Waals surface area contributed by atoms with Gasteiger partial charge in [-0.2, -0.15) is 8.68 Å². The number of anilines is 1. The molecule has 0 saturated heterocycles. The molecule has 0 atom stereocenters. The minimum atomic E-state index is -3.79. The summed E-state index contributed by atoms with van der Waals surface area (Å²) in [7, 11) is -0.351. The molecular formula is C29H31N5O3S2. The molecule has 5 rings (SSSR count). The highest BCUT2D eigenvalue weighted by Crippen LogP contribution is 2.27. The standard InChI is InChI=1S/C29H31N5O3S2/c1-21-31-28(20-33(21)2)39(35,36)34(18-6-17-30-29-26-7-4-5-8-27(26)38-32-29)19-22-9-11-23(12-10-22)24-13-15-25(37-3)16-14-24/h4-5,7-16,20H,6,17-19H2,1-3H3,(H,30,32). The summed E-state index contributed by atoms with van der Waals surface area (Å²) in [6.07, 6.45) is 2.19. The molecule has 3 aromatic carbocycles. The van der Waals surface area contributed by atoms with Crippen molar-refractivity contribution in [3.8, 4) is 16.9 Å². The maximum Gasteiger partial charge on any atom is 0.262 e. The molecule has 0 aliphatic heterocycles. The molecule has 0 fully saturated rings. The highest BCUT2D eigenvalue weighted by molar-refractivity contribution is 7.89. The number of hydrogen-bond acceptors (Lipinski definition) is 7. The highest BCUT2D eigenvalue weighted by Gasteiger charge is 2.27. The van der Waals surface area contributed by atoms with E-state index in [0.717, 1.165) is 38.3 Å². The van der Waals surface area contributed by atoms with Crippen molar-refractivity contribution in [3.63, 3.8) is 0 Å². The summed E-state index contributed by atoms with van der Waals surface area (Å²) in [4.78, 5) is 4.31. The average molecular weight is 562 g/mol. The van der Waals surface area contributed by atoms with Crippen LogP contribution < -0.4 is 10.1 Å². The number of ether oxygens (including phenoxy) is 1. The van der Waals surface area contributed by atoms with Gasteiger partial charge in [0.1, 0.15) is 17.4 Å². The van der Waals surface area contributed by atoms with E-state index >= 15 is 0 Å². The third-order valence-electron chi connectivity index (χ3n) is 6.68. The van der Waals surface area contributed by atoms with E-state index in [-0.39, 0.29) is 11.6 Å². The summed E-state index contributed by atoms with van der Waals surface area (Å²) < 4.78 is 41.4. The van der Waals surface area contributed by atoms with Gasteiger partial charge in [-0.25, -0.2) is 13.4 Å². The van der Waals surface area contributed by atoms with Gasteiger partial charge in [-0.1, -0.05) is 48.5 Å². The molecular weight excluding hydrogens is 530 g/mol. The van der Waals surface area contributed by atoms with E-state index in [1.807, 2.05) is 72.8 Å². The van der Waals surface area contributed by atoms with Gasteiger partial charge in [-0.05, 0) is 65.8 Å².